The van der Waals surface area contributed by atoms with Gasteiger partial charge in [0.15, 0.2) is 0 Å². The van der Waals surface area contributed by atoms with Gasteiger partial charge in [-0.15, -0.1) is 0 Å². The van der Waals surface area contributed by atoms with Crippen molar-refractivity contribution in [3.63, 3.8) is 0 Å². The summed E-state index contributed by atoms with van der Waals surface area (Å²) in [4.78, 5) is 24.9. The third-order valence-corrected chi connectivity index (χ3v) is 4.93. The predicted octanol–water partition coefficient (Wildman–Crippen LogP) is 2.55. The SMILES string of the molecule is CSC(C)(C)CNC(=O)N1Cc2ccc(C(=O)O)cc2C1. The van der Waals surface area contributed by atoms with Gasteiger partial charge in [-0.2, -0.15) is 11.8 Å². The molecule has 1 aliphatic rings. The van der Waals surface area contributed by atoms with Crippen molar-refractivity contribution in [1.82, 2.24) is 10.2 Å². The van der Waals surface area contributed by atoms with Gasteiger partial charge in [0.25, 0.3) is 0 Å². The lowest BCUT2D eigenvalue weighted by atomic mass is 10.1. The van der Waals surface area contributed by atoms with Crippen molar-refractivity contribution < 1.29 is 14.7 Å². The van der Waals surface area contributed by atoms with E-state index in [-0.39, 0.29) is 16.3 Å². The molecule has 0 saturated carbocycles. The Morgan fingerprint density at radius 2 is 2.00 bits per heavy atom. The first-order chi connectivity index (χ1) is 9.82. The normalized spacial score (nSPS) is 14.0. The molecule has 0 fully saturated rings. The van der Waals surface area contributed by atoms with E-state index in [0.29, 0.717) is 19.6 Å². The maximum absolute atomic E-state index is 12.2. The van der Waals surface area contributed by atoms with Crippen LogP contribution >= 0.6 is 11.8 Å². The number of nitrogens with one attached hydrogen (secondary N) is 1. The zero-order valence-corrected chi connectivity index (χ0v) is 13.3. The zero-order valence-electron chi connectivity index (χ0n) is 12.5. The highest BCUT2D eigenvalue weighted by Crippen LogP contribution is 2.24. The first-order valence-corrected chi connectivity index (χ1v) is 7.98. The molecule has 0 aromatic heterocycles. The fraction of sp³-hybridized carbons (Fsp3) is 0.467. The molecule has 2 amide bonds. The molecule has 0 bridgehead atoms. The number of amides is 2. The third kappa shape index (κ3) is 3.69. The Bertz CT molecular complexity index is 572. The number of carboxylic acids is 1. The summed E-state index contributed by atoms with van der Waals surface area (Å²) in [5.41, 5.74) is 2.19. The Kier molecular flexibility index (Phi) is 4.46. The minimum Gasteiger partial charge on any atom is -0.478 e. The largest absolute Gasteiger partial charge is 0.478 e. The first kappa shape index (κ1) is 15.7. The van der Waals surface area contributed by atoms with Gasteiger partial charge in [-0.05, 0) is 43.4 Å². The van der Waals surface area contributed by atoms with Crippen LogP contribution in [0, 0.1) is 0 Å². The number of rotatable bonds is 4. The molecule has 1 aliphatic heterocycles. The smallest absolute Gasteiger partial charge is 0.335 e. The number of carbonyl (C=O) groups is 2. The van der Waals surface area contributed by atoms with Crippen LogP contribution in [0.15, 0.2) is 18.2 Å². The lowest BCUT2D eigenvalue weighted by molar-refractivity contribution is 0.0696. The van der Waals surface area contributed by atoms with Crippen LogP contribution in [0.4, 0.5) is 4.79 Å². The van der Waals surface area contributed by atoms with E-state index in [2.05, 4.69) is 19.2 Å². The molecule has 0 atom stereocenters. The van der Waals surface area contributed by atoms with Crippen molar-refractivity contribution in [2.45, 2.75) is 31.7 Å². The van der Waals surface area contributed by atoms with Crippen molar-refractivity contribution in [3.8, 4) is 0 Å². The summed E-state index contributed by atoms with van der Waals surface area (Å²) in [5, 5.41) is 11.9. The standard InChI is InChI=1S/C15H20N2O3S/c1-15(2,21-3)9-16-14(20)17-7-11-5-4-10(13(18)19)6-12(11)8-17/h4-6H,7-9H2,1-3H3,(H,16,20)(H,18,19). The summed E-state index contributed by atoms with van der Waals surface area (Å²) in [7, 11) is 0. The quantitative estimate of drug-likeness (QED) is 0.897. The van der Waals surface area contributed by atoms with Crippen LogP contribution in [-0.4, -0.2) is 39.6 Å². The second-order valence-electron chi connectivity index (χ2n) is 5.77. The number of nitrogens with zero attached hydrogens (tertiary/aromatic N) is 1. The molecule has 6 heteroatoms. The van der Waals surface area contributed by atoms with E-state index in [1.165, 1.54) is 0 Å². The van der Waals surface area contributed by atoms with E-state index in [1.54, 1.807) is 34.9 Å². The Morgan fingerprint density at radius 3 is 2.62 bits per heavy atom. The second-order valence-corrected chi connectivity index (χ2v) is 7.28. The van der Waals surface area contributed by atoms with Crippen LogP contribution in [0.5, 0.6) is 0 Å². The molecule has 2 N–H and O–H groups in total. The minimum absolute atomic E-state index is 0.00128. The lowest BCUT2D eigenvalue weighted by Gasteiger charge is -2.24. The van der Waals surface area contributed by atoms with Gasteiger partial charge in [0.1, 0.15) is 0 Å². The molecule has 0 radical (unpaired) electrons. The van der Waals surface area contributed by atoms with Gasteiger partial charge in [-0.3, -0.25) is 0 Å². The van der Waals surface area contributed by atoms with Crippen LogP contribution in [0.2, 0.25) is 0 Å². The topological polar surface area (TPSA) is 69.6 Å². The molecule has 1 aromatic carbocycles. The number of urea groups is 1. The first-order valence-electron chi connectivity index (χ1n) is 6.75. The molecule has 0 unspecified atom stereocenters. The Labute approximate surface area is 128 Å². The number of hydrogen-bond acceptors (Lipinski definition) is 3. The molecule has 0 spiro atoms. The molecule has 21 heavy (non-hydrogen) atoms. The van der Waals surface area contributed by atoms with Crippen LogP contribution in [-0.2, 0) is 13.1 Å². The summed E-state index contributed by atoms with van der Waals surface area (Å²) in [5.74, 6) is -0.942. The molecular formula is C15H20N2O3S. The highest BCUT2D eigenvalue weighted by atomic mass is 32.2. The van der Waals surface area contributed by atoms with Crippen LogP contribution in [0.3, 0.4) is 0 Å². The van der Waals surface area contributed by atoms with Gasteiger partial charge in [-0.25, -0.2) is 9.59 Å². The predicted molar refractivity (Wildman–Crippen MR) is 83.6 cm³/mol. The highest BCUT2D eigenvalue weighted by Gasteiger charge is 2.25. The van der Waals surface area contributed by atoms with E-state index in [4.69, 9.17) is 5.11 Å². The van der Waals surface area contributed by atoms with Crippen molar-refractivity contribution in [1.29, 1.82) is 0 Å². The van der Waals surface area contributed by atoms with E-state index in [1.807, 2.05) is 6.26 Å². The van der Waals surface area contributed by atoms with Gasteiger partial charge >= 0.3 is 12.0 Å². The van der Waals surface area contributed by atoms with Crippen molar-refractivity contribution >= 4 is 23.8 Å². The highest BCUT2D eigenvalue weighted by molar-refractivity contribution is 7.99. The number of carboxylic acid groups (broad SMARTS) is 1. The fourth-order valence-corrected chi connectivity index (χ4v) is 2.36. The molecule has 1 heterocycles. The summed E-state index contributed by atoms with van der Waals surface area (Å²) in [6.45, 7) is 5.74. The molecule has 5 nitrogen and oxygen atoms in total. The van der Waals surface area contributed by atoms with E-state index >= 15 is 0 Å². The van der Waals surface area contributed by atoms with Crippen molar-refractivity contribution in [2.75, 3.05) is 12.8 Å². The van der Waals surface area contributed by atoms with Crippen LogP contribution in [0.25, 0.3) is 0 Å². The monoisotopic (exact) mass is 308 g/mol. The summed E-state index contributed by atoms with van der Waals surface area (Å²) < 4.78 is -0.00128. The summed E-state index contributed by atoms with van der Waals surface area (Å²) in [6.07, 6.45) is 2.02. The maximum atomic E-state index is 12.2. The van der Waals surface area contributed by atoms with Gasteiger partial charge in [0, 0.05) is 24.4 Å². The Hall–Kier alpha value is -1.69. The fourth-order valence-electron chi connectivity index (χ4n) is 2.14. The number of hydrogen-bond donors (Lipinski definition) is 2. The van der Waals surface area contributed by atoms with Gasteiger partial charge in [-0.1, -0.05) is 6.07 Å². The minimum atomic E-state index is -0.942. The van der Waals surface area contributed by atoms with E-state index in [0.717, 1.165) is 11.1 Å². The molecule has 0 saturated heterocycles. The van der Waals surface area contributed by atoms with Crippen LogP contribution < -0.4 is 5.32 Å². The molecule has 0 aliphatic carbocycles. The van der Waals surface area contributed by atoms with Crippen LogP contribution in [0.1, 0.15) is 35.3 Å². The zero-order chi connectivity index (χ0) is 15.6. The second kappa shape index (κ2) is 5.97. The van der Waals surface area contributed by atoms with Crippen molar-refractivity contribution in [2.24, 2.45) is 0 Å². The molecule has 1 aromatic rings. The number of carbonyl (C=O) groups excluding carboxylic acids is 1. The third-order valence-electron chi connectivity index (χ3n) is 3.68. The number of aromatic carboxylic acids is 1. The average Bonchev–Trinajstić information content (AvgIpc) is 2.87. The molecule has 2 rings (SSSR count). The number of thioether (sulfide) groups is 1. The maximum Gasteiger partial charge on any atom is 0.335 e. The Balaban J connectivity index is 1.99. The number of benzene rings is 1. The van der Waals surface area contributed by atoms with Gasteiger partial charge in [0.05, 0.1) is 5.56 Å². The lowest BCUT2D eigenvalue weighted by Crippen LogP contribution is -2.42. The van der Waals surface area contributed by atoms with Gasteiger partial charge in [0.2, 0.25) is 0 Å². The summed E-state index contributed by atoms with van der Waals surface area (Å²) in [6, 6.07) is 4.92. The molecule has 114 valence electrons. The average molecular weight is 308 g/mol. The number of fused-ring (bicyclic) bond motifs is 1. The summed E-state index contributed by atoms with van der Waals surface area (Å²) >= 11 is 1.71. The van der Waals surface area contributed by atoms with Gasteiger partial charge < -0.3 is 15.3 Å². The van der Waals surface area contributed by atoms with Crippen molar-refractivity contribution in [3.05, 3.63) is 34.9 Å². The van der Waals surface area contributed by atoms with E-state index in [9.17, 15) is 9.59 Å². The Morgan fingerprint density at radius 1 is 1.33 bits per heavy atom. The molecular weight excluding hydrogens is 288 g/mol. The van der Waals surface area contributed by atoms with E-state index < -0.39 is 5.97 Å².